The van der Waals surface area contributed by atoms with Crippen LogP contribution < -0.4 is 5.73 Å². The summed E-state index contributed by atoms with van der Waals surface area (Å²) in [4.78, 5) is 22.8. The average Bonchev–Trinajstić information content (AvgIpc) is 2.93. The quantitative estimate of drug-likeness (QED) is 0.812. The summed E-state index contributed by atoms with van der Waals surface area (Å²) in [6.45, 7) is 0. The number of carbonyl (C=O) groups excluding carboxylic acids is 2. The Morgan fingerprint density at radius 3 is 2.42 bits per heavy atom. The first-order valence-corrected chi connectivity index (χ1v) is 6.35. The van der Waals surface area contributed by atoms with Crippen molar-refractivity contribution in [2.45, 2.75) is 37.6 Å². The maximum atomic E-state index is 11.5. The fourth-order valence-electron chi connectivity index (χ4n) is 2.74. The van der Waals surface area contributed by atoms with Crippen LogP contribution in [0.15, 0.2) is 24.3 Å². The molecule has 100 valence electrons. The number of cyclic esters (lactones) is 1. The van der Waals surface area contributed by atoms with Crippen molar-refractivity contribution in [2.75, 3.05) is 0 Å². The first kappa shape index (κ1) is 12.2. The van der Waals surface area contributed by atoms with Crippen LogP contribution in [0.3, 0.4) is 0 Å². The summed E-state index contributed by atoms with van der Waals surface area (Å²) in [5.41, 5.74) is 7.75. The summed E-state index contributed by atoms with van der Waals surface area (Å²) < 4.78 is 10.8. The van der Waals surface area contributed by atoms with Crippen LogP contribution in [0.5, 0.6) is 0 Å². The van der Waals surface area contributed by atoms with Crippen molar-refractivity contribution in [1.29, 1.82) is 0 Å². The van der Waals surface area contributed by atoms with E-state index in [1.165, 1.54) is 11.1 Å². The van der Waals surface area contributed by atoms with Crippen molar-refractivity contribution >= 4 is 11.9 Å². The smallest absolute Gasteiger partial charge is 0.309 e. The van der Waals surface area contributed by atoms with E-state index in [2.05, 4.69) is 0 Å². The van der Waals surface area contributed by atoms with Crippen molar-refractivity contribution < 1.29 is 19.1 Å². The molecule has 0 aromatic heterocycles. The van der Waals surface area contributed by atoms with Crippen LogP contribution in [0.25, 0.3) is 0 Å². The summed E-state index contributed by atoms with van der Waals surface area (Å²) in [6, 6.07) is 8.02. The molecular formula is C14H15NO4. The Morgan fingerprint density at radius 1 is 1.32 bits per heavy atom. The summed E-state index contributed by atoms with van der Waals surface area (Å²) in [6.07, 6.45) is 1.62. The van der Waals surface area contributed by atoms with Crippen molar-refractivity contribution in [3.05, 3.63) is 35.4 Å². The van der Waals surface area contributed by atoms with E-state index in [0.29, 0.717) is 12.8 Å². The van der Waals surface area contributed by atoms with E-state index in [1.54, 1.807) is 0 Å². The van der Waals surface area contributed by atoms with E-state index in [-0.39, 0.29) is 18.9 Å². The number of primary amides is 1. The molecule has 1 aliphatic heterocycles. The Kier molecular flexibility index (Phi) is 2.78. The number of hydrogen-bond acceptors (Lipinski definition) is 4. The second kappa shape index (κ2) is 4.35. The van der Waals surface area contributed by atoms with E-state index < -0.39 is 17.7 Å². The molecule has 2 N–H and O–H groups in total. The van der Waals surface area contributed by atoms with E-state index in [9.17, 15) is 9.59 Å². The number of nitrogens with two attached hydrogens (primary N) is 1. The monoisotopic (exact) mass is 261 g/mol. The molecule has 1 aromatic carbocycles. The Bertz CT molecular complexity index is 517. The highest BCUT2D eigenvalue weighted by molar-refractivity contribution is 5.87. The van der Waals surface area contributed by atoms with Gasteiger partial charge in [-0.3, -0.25) is 9.59 Å². The predicted octanol–water partition coefficient (Wildman–Crippen LogP) is 0.689. The SMILES string of the molecule is NC(=O)C1(OC2Cc3ccccc3C2)CCC(=O)O1. The topological polar surface area (TPSA) is 78.6 Å². The summed E-state index contributed by atoms with van der Waals surface area (Å²) in [5.74, 6) is -2.73. The standard InChI is InChI=1S/C14H15NO4/c15-13(17)14(6-5-12(16)19-14)18-11-7-9-3-1-2-4-10(9)8-11/h1-4,11H,5-8H2,(H2,15,17). The fourth-order valence-corrected chi connectivity index (χ4v) is 2.74. The molecule has 1 aliphatic carbocycles. The Hall–Kier alpha value is -1.88. The van der Waals surface area contributed by atoms with Gasteiger partial charge in [0, 0.05) is 6.42 Å². The van der Waals surface area contributed by atoms with Gasteiger partial charge in [0.25, 0.3) is 11.7 Å². The Labute approximate surface area is 110 Å². The molecule has 5 heteroatoms. The van der Waals surface area contributed by atoms with Gasteiger partial charge in [0.2, 0.25) is 0 Å². The average molecular weight is 261 g/mol. The van der Waals surface area contributed by atoms with Crippen LogP contribution in [-0.2, 0) is 31.9 Å². The van der Waals surface area contributed by atoms with E-state index in [0.717, 1.165) is 0 Å². The molecule has 1 amide bonds. The second-order valence-corrected chi connectivity index (χ2v) is 5.01. The number of rotatable bonds is 3. The van der Waals surface area contributed by atoms with Crippen molar-refractivity contribution in [3.8, 4) is 0 Å². The molecule has 1 fully saturated rings. The van der Waals surface area contributed by atoms with Crippen LogP contribution >= 0.6 is 0 Å². The predicted molar refractivity (Wildman–Crippen MR) is 66.0 cm³/mol. The lowest BCUT2D eigenvalue weighted by atomic mass is 10.1. The fraction of sp³-hybridized carbons (Fsp3) is 0.429. The van der Waals surface area contributed by atoms with Gasteiger partial charge in [0.05, 0.1) is 12.5 Å². The lowest BCUT2D eigenvalue weighted by Crippen LogP contribution is -2.48. The van der Waals surface area contributed by atoms with E-state index in [1.807, 2.05) is 24.3 Å². The minimum Gasteiger partial charge on any atom is -0.423 e. The molecule has 1 aromatic rings. The molecular weight excluding hydrogens is 246 g/mol. The van der Waals surface area contributed by atoms with Gasteiger partial charge in [-0.1, -0.05) is 24.3 Å². The zero-order chi connectivity index (χ0) is 13.5. The molecule has 19 heavy (non-hydrogen) atoms. The highest BCUT2D eigenvalue weighted by Crippen LogP contribution is 2.33. The van der Waals surface area contributed by atoms with Crippen LogP contribution in [0.2, 0.25) is 0 Å². The molecule has 1 unspecified atom stereocenters. The molecule has 0 radical (unpaired) electrons. The molecule has 1 atom stereocenters. The molecule has 5 nitrogen and oxygen atoms in total. The largest absolute Gasteiger partial charge is 0.423 e. The molecule has 2 aliphatic rings. The van der Waals surface area contributed by atoms with Gasteiger partial charge in [0.15, 0.2) is 0 Å². The van der Waals surface area contributed by atoms with E-state index >= 15 is 0 Å². The molecule has 1 saturated heterocycles. The summed E-state index contributed by atoms with van der Waals surface area (Å²) in [5, 5.41) is 0. The molecule has 0 saturated carbocycles. The number of fused-ring (bicyclic) bond motifs is 1. The van der Waals surface area contributed by atoms with Gasteiger partial charge in [0.1, 0.15) is 0 Å². The lowest BCUT2D eigenvalue weighted by Gasteiger charge is -2.27. The van der Waals surface area contributed by atoms with Crippen molar-refractivity contribution in [2.24, 2.45) is 5.73 Å². The third kappa shape index (κ3) is 2.10. The van der Waals surface area contributed by atoms with Gasteiger partial charge in [-0.15, -0.1) is 0 Å². The number of hydrogen-bond donors (Lipinski definition) is 1. The minimum atomic E-state index is -1.57. The maximum absolute atomic E-state index is 11.5. The van der Waals surface area contributed by atoms with Gasteiger partial charge < -0.3 is 15.2 Å². The van der Waals surface area contributed by atoms with Crippen LogP contribution in [0, 0.1) is 0 Å². The number of ether oxygens (including phenoxy) is 2. The number of esters is 1. The highest BCUT2D eigenvalue weighted by Gasteiger charge is 2.49. The van der Waals surface area contributed by atoms with Gasteiger partial charge in [-0.2, -0.15) is 0 Å². The van der Waals surface area contributed by atoms with Gasteiger partial charge in [-0.05, 0) is 24.0 Å². The summed E-state index contributed by atoms with van der Waals surface area (Å²) in [7, 11) is 0. The van der Waals surface area contributed by atoms with Gasteiger partial charge in [-0.25, -0.2) is 0 Å². The zero-order valence-corrected chi connectivity index (χ0v) is 10.4. The number of carbonyl (C=O) groups is 2. The van der Waals surface area contributed by atoms with Crippen molar-refractivity contribution in [1.82, 2.24) is 0 Å². The summed E-state index contributed by atoms with van der Waals surface area (Å²) >= 11 is 0. The molecule has 3 rings (SSSR count). The van der Waals surface area contributed by atoms with Crippen LogP contribution in [0.1, 0.15) is 24.0 Å². The first-order chi connectivity index (χ1) is 9.09. The second-order valence-electron chi connectivity index (χ2n) is 5.01. The molecule has 0 bridgehead atoms. The number of amides is 1. The van der Waals surface area contributed by atoms with Gasteiger partial charge >= 0.3 is 5.97 Å². The third-order valence-electron chi connectivity index (χ3n) is 3.68. The number of benzene rings is 1. The maximum Gasteiger partial charge on any atom is 0.309 e. The zero-order valence-electron chi connectivity index (χ0n) is 10.4. The van der Waals surface area contributed by atoms with E-state index in [4.69, 9.17) is 15.2 Å². The van der Waals surface area contributed by atoms with Crippen LogP contribution in [0.4, 0.5) is 0 Å². The third-order valence-corrected chi connectivity index (χ3v) is 3.68. The first-order valence-electron chi connectivity index (χ1n) is 6.35. The molecule has 0 spiro atoms. The lowest BCUT2D eigenvalue weighted by molar-refractivity contribution is -0.224. The molecule has 1 heterocycles. The highest BCUT2D eigenvalue weighted by atomic mass is 16.7. The normalized spacial score (nSPS) is 26.2. The Balaban J connectivity index is 1.76. The minimum absolute atomic E-state index is 0.169. The Morgan fingerprint density at radius 2 is 1.95 bits per heavy atom. The van der Waals surface area contributed by atoms with Crippen molar-refractivity contribution in [3.63, 3.8) is 0 Å². The van der Waals surface area contributed by atoms with Crippen LogP contribution in [-0.4, -0.2) is 23.8 Å².